The van der Waals surface area contributed by atoms with Crippen LogP contribution in [0.2, 0.25) is 0 Å². The number of carboxylic acids is 1. The maximum Gasteiger partial charge on any atom is 0.511 e. The molecule has 1 N–H and O–H groups in total. The van der Waals surface area contributed by atoms with Gasteiger partial charge < -0.3 is 9.90 Å². The molecule has 0 aromatic carbocycles. The van der Waals surface area contributed by atoms with Crippen LogP contribution in [0.4, 0.5) is 13.2 Å². The Hall–Kier alpha value is -0.830. The highest BCUT2D eigenvalue weighted by Gasteiger charge is 2.47. The zero-order valence-corrected chi connectivity index (χ0v) is 11.8. The summed E-state index contributed by atoms with van der Waals surface area (Å²) in [5.41, 5.74) is -5.30. The predicted octanol–water partition coefficient (Wildman–Crippen LogP) is 0.760. The van der Waals surface area contributed by atoms with Crippen molar-refractivity contribution in [3.05, 3.63) is 0 Å². The number of nitrogens with one attached hydrogen (secondary N) is 1. The van der Waals surface area contributed by atoms with Crippen LogP contribution in [0, 0.1) is 11.8 Å². The van der Waals surface area contributed by atoms with Crippen molar-refractivity contribution >= 4 is 16.0 Å². The second kappa shape index (κ2) is 6.30. The average molecular weight is 316 g/mol. The number of aliphatic carboxylic acids is 1. The molecule has 1 atom stereocenters. The third-order valence-corrected chi connectivity index (χ3v) is 4.82. The van der Waals surface area contributed by atoms with E-state index < -0.39 is 33.5 Å². The van der Waals surface area contributed by atoms with Crippen molar-refractivity contribution in [2.24, 2.45) is 11.8 Å². The molecule has 1 unspecified atom stereocenters. The molecule has 0 saturated heterocycles. The number of halogens is 3. The van der Waals surface area contributed by atoms with Gasteiger partial charge in [0.05, 0.1) is 0 Å². The normalized spacial score (nSPS) is 26.2. The van der Waals surface area contributed by atoms with Crippen molar-refractivity contribution in [3.63, 3.8) is 0 Å². The van der Waals surface area contributed by atoms with Gasteiger partial charge in [-0.2, -0.15) is 13.2 Å². The molecule has 1 fully saturated rings. The Bertz CT molecular complexity index is 441. The first-order valence-corrected chi connectivity index (χ1v) is 7.80. The number of carbonyl (C=O) groups excluding carboxylic acids is 1. The number of carboxylic acid groups (broad SMARTS) is 1. The molecule has 20 heavy (non-hydrogen) atoms. The molecule has 0 aromatic rings. The number of sulfonamides is 1. The Morgan fingerprint density at radius 2 is 1.80 bits per heavy atom. The van der Waals surface area contributed by atoms with Gasteiger partial charge in [0.25, 0.3) is 0 Å². The lowest BCUT2D eigenvalue weighted by atomic mass is 9.81. The first-order chi connectivity index (χ1) is 9.03. The minimum absolute atomic E-state index is 0.0783. The average Bonchev–Trinajstić information content (AvgIpc) is 2.29. The van der Waals surface area contributed by atoms with Crippen molar-refractivity contribution in [3.8, 4) is 0 Å². The third kappa shape index (κ3) is 4.62. The van der Waals surface area contributed by atoms with Crippen LogP contribution in [-0.2, 0) is 14.8 Å². The first kappa shape index (κ1) is 17.2. The van der Waals surface area contributed by atoms with Gasteiger partial charge in [-0.05, 0) is 43.9 Å². The molecule has 0 spiro atoms. The van der Waals surface area contributed by atoms with Crippen LogP contribution >= 0.6 is 0 Å². The van der Waals surface area contributed by atoms with Gasteiger partial charge >= 0.3 is 15.5 Å². The first-order valence-electron chi connectivity index (χ1n) is 6.32. The Balaban J connectivity index is 2.46. The molecule has 1 aliphatic carbocycles. The minimum atomic E-state index is -5.31. The van der Waals surface area contributed by atoms with Crippen LogP contribution < -0.4 is 9.83 Å². The van der Waals surface area contributed by atoms with E-state index in [2.05, 4.69) is 0 Å². The number of carbonyl (C=O) groups is 1. The molecule has 5 nitrogen and oxygen atoms in total. The van der Waals surface area contributed by atoms with Gasteiger partial charge in [0, 0.05) is 12.0 Å². The molecule has 0 aliphatic heterocycles. The van der Waals surface area contributed by atoms with Crippen molar-refractivity contribution < 1.29 is 31.5 Å². The van der Waals surface area contributed by atoms with E-state index in [1.165, 1.54) is 6.92 Å². The summed E-state index contributed by atoms with van der Waals surface area (Å²) in [6.45, 7) is 1.52. The zero-order valence-electron chi connectivity index (χ0n) is 10.9. The summed E-state index contributed by atoms with van der Waals surface area (Å²) in [6, 6.07) is -0.740. The molecule has 0 amide bonds. The largest absolute Gasteiger partial charge is 0.550 e. The van der Waals surface area contributed by atoms with Gasteiger partial charge in [0.2, 0.25) is 0 Å². The third-order valence-electron chi connectivity index (χ3n) is 3.56. The van der Waals surface area contributed by atoms with Gasteiger partial charge in [0.1, 0.15) is 0 Å². The molecule has 0 aromatic heterocycles. The van der Waals surface area contributed by atoms with Crippen molar-refractivity contribution in [2.75, 3.05) is 0 Å². The van der Waals surface area contributed by atoms with Crippen molar-refractivity contribution in [2.45, 2.75) is 50.6 Å². The van der Waals surface area contributed by atoms with E-state index in [1.54, 1.807) is 4.72 Å². The summed E-state index contributed by atoms with van der Waals surface area (Å²) in [4.78, 5) is 10.6. The monoisotopic (exact) mass is 316 g/mol. The lowest BCUT2D eigenvalue weighted by Crippen LogP contribution is -2.44. The fourth-order valence-corrected chi connectivity index (χ4v) is 3.21. The van der Waals surface area contributed by atoms with E-state index >= 15 is 0 Å². The van der Waals surface area contributed by atoms with Gasteiger partial charge in [-0.25, -0.2) is 13.1 Å². The van der Waals surface area contributed by atoms with Crippen LogP contribution in [0.15, 0.2) is 0 Å². The highest BCUT2D eigenvalue weighted by Crippen LogP contribution is 2.31. The van der Waals surface area contributed by atoms with E-state index in [9.17, 15) is 31.5 Å². The molecule has 118 valence electrons. The summed E-state index contributed by atoms with van der Waals surface area (Å²) in [6.07, 6.45) is 1.96. The smallest absolute Gasteiger partial charge is 0.511 e. The number of rotatable bonds is 5. The number of alkyl halides is 3. The van der Waals surface area contributed by atoms with E-state index in [1.807, 2.05) is 0 Å². The minimum Gasteiger partial charge on any atom is -0.550 e. The van der Waals surface area contributed by atoms with Crippen molar-refractivity contribution in [1.29, 1.82) is 0 Å². The molecule has 9 heteroatoms. The predicted molar refractivity (Wildman–Crippen MR) is 62.6 cm³/mol. The van der Waals surface area contributed by atoms with Crippen LogP contribution in [0.1, 0.15) is 39.0 Å². The fraction of sp³-hybridized carbons (Fsp3) is 0.909. The molecular weight excluding hydrogens is 299 g/mol. The summed E-state index contributed by atoms with van der Waals surface area (Å²) >= 11 is 0. The molecular formula is C11H17F3NO4S-. The highest BCUT2D eigenvalue weighted by atomic mass is 32.2. The zero-order chi connectivity index (χ0) is 15.6. The maximum absolute atomic E-state index is 12.2. The van der Waals surface area contributed by atoms with E-state index in [0.717, 1.165) is 0 Å². The van der Waals surface area contributed by atoms with Crippen LogP contribution in [0.3, 0.4) is 0 Å². The van der Waals surface area contributed by atoms with E-state index in [4.69, 9.17) is 0 Å². The van der Waals surface area contributed by atoms with E-state index in [-0.39, 0.29) is 18.8 Å². The lowest BCUT2D eigenvalue weighted by Gasteiger charge is -2.30. The number of hydrogen-bond donors (Lipinski definition) is 1. The van der Waals surface area contributed by atoms with E-state index in [0.29, 0.717) is 19.3 Å². The van der Waals surface area contributed by atoms with Crippen LogP contribution in [0.5, 0.6) is 0 Å². The number of hydrogen-bond acceptors (Lipinski definition) is 4. The SMILES string of the molecule is CC(CC1CCC(NS(=O)(=O)C(F)(F)F)CC1)C(=O)[O-]. The second-order valence-electron chi connectivity index (χ2n) is 5.24. The summed E-state index contributed by atoms with van der Waals surface area (Å²) in [5.74, 6) is -1.68. The molecule has 0 heterocycles. The molecule has 1 saturated carbocycles. The van der Waals surface area contributed by atoms with Gasteiger partial charge in [-0.15, -0.1) is 0 Å². The summed E-state index contributed by atoms with van der Waals surface area (Å²) in [5, 5.41) is 10.6. The Labute approximate surface area is 115 Å². The topological polar surface area (TPSA) is 86.3 Å². The molecule has 1 aliphatic rings. The van der Waals surface area contributed by atoms with Crippen LogP contribution in [0.25, 0.3) is 0 Å². The lowest BCUT2D eigenvalue weighted by molar-refractivity contribution is -0.311. The molecule has 0 radical (unpaired) electrons. The van der Waals surface area contributed by atoms with Gasteiger partial charge in [-0.3, -0.25) is 0 Å². The Kier molecular flexibility index (Phi) is 5.42. The standard InChI is InChI=1S/C11H18F3NO4S/c1-7(10(16)17)6-8-2-4-9(5-3-8)15-20(18,19)11(12,13)14/h7-9,15H,2-6H2,1H3,(H,16,17)/p-1. The van der Waals surface area contributed by atoms with Crippen molar-refractivity contribution in [1.82, 2.24) is 4.72 Å². The van der Waals surface area contributed by atoms with Crippen LogP contribution in [-0.4, -0.2) is 25.9 Å². The fourth-order valence-electron chi connectivity index (χ4n) is 2.40. The maximum atomic E-state index is 12.2. The highest BCUT2D eigenvalue weighted by molar-refractivity contribution is 7.90. The van der Waals surface area contributed by atoms with Gasteiger partial charge in [0.15, 0.2) is 0 Å². The summed E-state index contributed by atoms with van der Waals surface area (Å²) in [7, 11) is -5.31. The Morgan fingerprint density at radius 1 is 1.30 bits per heavy atom. The summed E-state index contributed by atoms with van der Waals surface area (Å²) < 4.78 is 60.2. The second-order valence-corrected chi connectivity index (χ2v) is 6.95. The quantitative estimate of drug-likeness (QED) is 0.811. The molecule has 1 rings (SSSR count). The molecule has 0 bridgehead atoms. The van der Waals surface area contributed by atoms with Gasteiger partial charge in [-0.1, -0.05) is 6.92 Å². The Morgan fingerprint density at radius 3 is 2.20 bits per heavy atom.